The number of benzene rings is 6. The number of fused-ring (bicyclic) bond motifs is 10. The molecule has 0 N–H and O–H groups in total. The molecule has 0 saturated heterocycles. The van der Waals surface area contributed by atoms with Crippen LogP contribution in [0.1, 0.15) is 0 Å². The average Bonchev–Trinajstić information content (AvgIpc) is 3.70. The van der Waals surface area contributed by atoms with Gasteiger partial charge in [-0.15, -0.1) is 0 Å². The fraction of sp³-hybridized carbons (Fsp3) is 0. The van der Waals surface area contributed by atoms with Crippen LogP contribution in [0.3, 0.4) is 0 Å². The Hall–Kier alpha value is -5.19. The number of hydrogen-bond acceptors (Lipinski definition) is 2. The number of para-hydroxylation sites is 4. The Morgan fingerprint density at radius 3 is 2.24 bits per heavy atom. The van der Waals surface area contributed by atoms with Gasteiger partial charge in [0, 0.05) is 42.4 Å². The molecule has 42 heavy (non-hydrogen) atoms. The number of furan rings is 1. The zero-order valence-electron chi connectivity index (χ0n) is 22.4. The molecule has 0 saturated carbocycles. The first-order valence-electron chi connectivity index (χ1n) is 14.2. The maximum atomic E-state index is 6.24. The highest BCUT2D eigenvalue weighted by Crippen LogP contribution is 2.49. The summed E-state index contributed by atoms with van der Waals surface area (Å²) in [4.78, 5) is 2.57. The summed E-state index contributed by atoms with van der Waals surface area (Å²) in [5, 5.41) is 6.17. The van der Waals surface area contributed by atoms with Gasteiger partial charge >= 0.3 is 0 Å². The lowest BCUT2D eigenvalue weighted by atomic mass is 9.99. The van der Waals surface area contributed by atoms with Crippen molar-refractivity contribution in [2.45, 2.75) is 9.79 Å². The van der Waals surface area contributed by atoms with E-state index in [1.54, 1.807) is 0 Å². The molecular weight excluding hydrogens is 532 g/mol. The van der Waals surface area contributed by atoms with Crippen LogP contribution in [0.5, 0.6) is 0 Å². The van der Waals surface area contributed by atoms with Gasteiger partial charge in [0.05, 0.1) is 16.7 Å². The Morgan fingerprint density at radius 2 is 1.26 bits per heavy atom. The van der Waals surface area contributed by atoms with Gasteiger partial charge in [-0.05, 0) is 59.7 Å². The smallest absolute Gasteiger partial charge is 0.136 e. The first kappa shape index (κ1) is 22.5. The number of aromatic nitrogens is 2. The second-order valence-corrected chi connectivity index (χ2v) is 12.0. The minimum absolute atomic E-state index is 0.914. The third kappa shape index (κ3) is 2.87. The second kappa shape index (κ2) is 8.19. The highest BCUT2D eigenvalue weighted by atomic mass is 32.2. The zero-order valence-corrected chi connectivity index (χ0v) is 23.2. The summed E-state index contributed by atoms with van der Waals surface area (Å²) in [7, 11) is 0. The summed E-state index contributed by atoms with van der Waals surface area (Å²) < 4.78 is 11.2. The lowest BCUT2D eigenvalue weighted by molar-refractivity contribution is 0.669. The van der Waals surface area contributed by atoms with Crippen LogP contribution in [-0.4, -0.2) is 9.13 Å². The molecule has 1 aliphatic heterocycles. The van der Waals surface area contributed by atoms with Gasteiger partial charge in [-0.3, -0.25) is 9.13 Å². The van der Waals surface area contributed by atoms with Crippen molar-refractivity contribution in [1.29, 1.82) is 0 Å². The molecule has 4 heterocycles. The summed E-state index contributed by atoms with van der Waals surface area (Å²) in [6.07, 6.45) is 0. The molecule has 4 heteroatoms. The molecule has 3 aromatic heterocycles. The van der Waals surface area contributed by atoms with E-state index in [1.807, 2.05) is 23.9 Å². The van der Waals surface area contributed by atoms with E-state index >= 15 is 0 Å². The lowest BCUT2D eigenvalue weighted by Gasteiger charge is -2.21. The van der Waals surface area contributed by atoms with Crippen LogP contribution in [0, 0.1) is 0 Å². The number of rotatable bonds is 2. The van der Waals surface area contributed by atoms with E-state index < -0.39 is 0 Å². The SMILES string of the molecule is c1cc(-c2cccc3oc4ccccc4c23)cc(-n2c3ccccc3c3c4cccc5c4n(c32)-c2ccccc2S5)c1. The van der Waals surface area contributed by atoms with Gasteiger partial charge < -0.3 is 4.42 Å². The van der Waals surface area contributed by atoms with E-state index in [0.29, 0.717) is 0 Å². The molecule has 0 unspecified atom stereocenters. The molecule has 196 valence electrons. The fourth-order valence-corrected chi connectivity index (χ4v) is 8.11. The van der Waals surface area contributed by atoms with Gasteiger partial charge in [-0.1, -0.05) is 96.7 Å². The number of nitrogens with zero attached hydrogens (tertiary/aromatic N) is 2. The molecule has 0 radical (unpaired) electrons. The third-order valence-corrected chi connectivity index (χ3v) is 9.81. The first-order chi connectivity index (χ1) is 20.8. The van der Waals surface area contributed by atoms with Crippen LogP contribution >= 0.6 is 11.8 Å². The fourth-order valence-electron chi connectivity index (χ4n) is 7.02. The van der Waals surface area contributed by atoms with E-state index in [4.69, 9.17) is 4.42 Å². The van der Waals surface area contributed by atoms with Crippen molar-refractivity contribution >= 4 is 66.5 Å². The predicted molar refractivity (Wildman–Crippen MR) is 174 cm³/mol. The monoisotopic (exact) mass is 554 g/mol. The molecule has 0 atom stereocenters. The Morgan fingerprint density at radius 1 is 0.524 bits per heavy atom. The van der Waals surface area contributed by atoms with Gasteiger partial charge in [-0.25, -0.2) is 0 Å². The van der Waals surface area contributed by atoms with Crippen molar-refractivity contribution in [2.24, 2.45) is 0 Å². The highest BCUT2D eigenvalue weighted by molar-refractivity contribution is 7.99. The molecule has 10 rings (SSSR count). The minimum Gasteiger partial charge on any atom is -0.456 e. The van der Waals surface area contributed by atoms with E-state index in [-0.39, 0.29) is 0 Å². The second-order valence-electron chi connectivity index (χ2n) is 10.9. The van der Waals surface area contributed by atoms with Crippen LogP contribution in [0.25, 0.3) is 77.3 Å². The Labute approximate surface area is 245 Å². The number of hydrogen-bond donors (Lipinski definition) is 0. The summed E-state index contributed by atoms with van der Waals surface area (Å²) in [6, 6.07) is 48.0. The summed E-state index contributed by atoms with van der Waals surface area (Å²) >= 11 is 1.86. The van der Waals surface area contributed by atoms with Crippen LogP contribution in [-0.2, 0) is 0 Å². The van der Waals surface area contributed by atoms with E-state index in [1.165, 1.54) is 59.4 Å². The predicted octanol–water partition coefficient (Wildman–Crippen LogP) is 10.8. The Bertz CT molecular complexity index is 2560. The van der Waals surface area contributed by atoms with Crippen molar-refractivity contribution in [2.75, 3.05) is 0 Å². The zero-order chi connectivity index (χ0) is 27.4. The molecule has 3 nitrogen and oxygen atoms in total. The van der Waals surface area contributed by atoms with Gasteiger partial charge in [0.1, 0.15) is 16.8 Å². The maximum absolute atomic E-state index is 6.24. The summed E-state index contributed by atoms with van der Waals surface area (Å²) in [5.41, 5.74) is 10.2. The normalized spacial score (nSPS) is 12.7. The summed E-state index contributed by atoms with van der Waals surface area (Å²) in [6.45, 7) is 0. The average molecular weight is 555 g/mol. The largest absolute Gasteiger partial charge is 0.456 e. The van der Waals surface area contributed by atoms with Crippen LogP contribution in [0.4, 0.5) is 0 Å². The standard InChI is InChI=1S/C38H22N2OS/c1-3-16-29-26(12-1)36-28-15-9-21-34-37(28)40(30-17-4-6-20-33(30)42-34)38(36)39(29)24-11-7-10-23(22-24)25-14-8-19-32-35(25)27-13-2-5-18-31(27)41-32/h1-22H. The Balaban J connectivity index is 1.33. The van der Waals surface area contributed by atoms with Crippen molar-refractivity contribution in [3.63, 3.8) is 0 Å². The van der Waals surface area contributed by atoms with Crippen molar-refractivity contribution in [1.82, 2.24) is 9.13 Å². The maximum Gasteiger partial charge on any atom is 0.136 e. The molecule has 0 aliphatic carbocycles. The van der Waals surface area contributed by atoms with Crippen LogP contribution in [0.15, 0.2) is 148 Å². The lowest BCUT2D eigenvalue weighted by Crippen LogP contribution is -2.05. The molecular formula is C38H22N2OS. The van der Waals surface area contributed by atoms with Gasteiger partial charge in [-0.2, -0.15) is 0 Å². The van der Waals surface area contributed by atoms with Crippen molar-refractivity contribution in [3.05, 3.63) is 133 Å². The molecule has 0 amide bonds. The van der Waals surface area contributed by atoms with Crippen LogP contribution in [0.2, 0.25) is 0 Å². The van der Waals surface area contributed by atoms with Gasteiger partial charge in [0.15, 0.2) is 0 Å². The molecule has 0 fully saturated rings. The van der Waals surface area contributed by atoms with E-state index in [9.17, 15) is 0 Å². The van der Waals surface area contributed by atoms with Gasteiger partial charge in [0.2, 0.25) is 0 Å². The third-order valence-electron chi connectivity index (χ3n) is 8.70. The van der Waals surface area contributed by atoms with Gasteiger partial charge in [0.25, 0.3) is 0 Å². The minimum atomic E-state index is 0.914. The molecule has 0 bridgehead atoms. The first-order valence-corrected chi connectivity index (χ1v) is 15.0. The van der Waals surface area contributed by atoms with Crippen molar-refractivity contribution in [3.8, 4) is 22.5 Å². The molecule has 6 aromatic carbocycles. The molecule has 1 aliphatic rings. The molecule has 9 aromatic rings. The summed E-state index contributed by atoms with van der Waals surface area (Å²) in [5.74, 6) is 0. The molecule has 0 spiro atoms. The Kier molecular flexibility index (Phi) is 4.38. The van der Waals surface area contributed by atoms with Crippen LogP contribution < -0.4 is 0 Å². The quantitative estimate of drug-likeness (QED) is 0.212. The van der Waals surface area contributed by atoms with E-state index in [2.05, 4.69) is 130 Å². The van der Waals surface area contributed by atoms with Crippen molar-refractivity contribution < 1.29 is 4.42 Å². The topological polar surface area (TPSA) is 23.0 Å². The highest BCUT2D eigenvalue weighted by Gasteiger charge is 2.27. The van der Waals surface area contributed by atoms with E-state index in [0.717, 1.165) is 27.6 Å².